The first kappa shape index (κ1) is 7.17. The third kappa shape index (κ3) is 0.797. The SMILES string of the molecule is C=c1[nH]c2cccc(C)c2c1=C. The summed E-state index contributed by atoms with van der Waals surface area (Å²) in [4.78, 5) is 3.19. The molecule has 1 aromatic carbocycles. The summed E-state index contributed by atoms with van der Waals surface area (Å²) in [6.45, 7) is 9.94. The lowest BCUT2D eigenvalue weighted by molar-refractivity contribution is 1.37. The lowest BCUT2D eigenvalue weighted by Gasteiger charge is -1.93. The number of nitrogens with one attached hydrogen (secondary N) is 1. The highest BCUT2D eigenvalue weighted by atomic mass is 14.7. The molecule has 0 amide bonds. The van der Waals surface area contributed by atoms with Gasteiger partial charge in [-0.15, -0.1) is 0 Å². The van der Waals surface area contributed by atoms with Crippen molar-refractivity contribution in [1.82, 2.24) is 4.98 Å². The molecular weight excluding hydrogens is 146 g/mol. The number of H-pyrrole nitrogens is 1. The fourth-order valence-corrected chi connectivity index (χ4v) is 1.56. The fraction of sp³-hybridized carbons (Fsp3) is 0.0909. The first-order valence-electron chi connectivity index (χ1n) is 3.95. The van der Waals surface area contributed by atoms with E-state index < -0.39 is 0 Å². The Morgan fingerprint density at radius 3 is 2.67 bits per heavy atom. The first-order valence-corrected chi connectivity index (χ1v) is 3.95. The van der Waals surface area contributed by atoms with Gasteiger partial charge < -0.3 is 4.98 Å². The predicted octanol–water partition coefficient (Wildman–Crippen LogP) is 1.30. The van der Waals surface area contributed by atoms with Crippen LogP contribution in [0.25, 0.3) is 24.1 Å². The summed E-state index contributed by atoms with van der Waals surface area (Å²) in [7, 11) is 0. The molecule has 0 radical (unpaired) electrons. The van der Waals surface area contributed by atoms with Gasteiger partial charge in [0.05, 0.1) is 0 Å². The van der Waals surface area contributed by atoms with Crippen LogP contribution in [0.1, 0.15) is 5.56 Å². The summed E-state index contributed by atoms with van der Waals surface area (Å²) >= 11 is 0. The summed E-state index contributed by atoms with van der Waals surface area (Å²) in [5.41, 5.74) is 2.38. The number of benzene rings is 1. The molecule has 0 saturated carbocycles. The van der Waals surface area contributed by atoms with Crippen LogP contribution in [0.5, 0.6) is 0 Å². The summed E-state index contributed by atoms with van der Waals surface area (Å²) in [5, 5.41) is 3.14. The quantitative estimate of drug-likeness (QED) is 0.593. The molecule has 0 spiro atoms. The summed E-state index contributed by atoms with van der Waals surface area (Å²) in [6.07, 6.45) is 0. The van der Waals surface area contributed by atoms with Gasteiger partial charge in [0, 0.05) is 16.3 Å². The van der Waals surface area contributed by atoms with Crippen LogP contribution >= 0.6 is 0 Å². The number of aryl methyl sites for hydroxylation is 1. The Labute approximate surface area is 71.0 Å². The van der Waals surface area contributed by atoms with Crippen LogP contribution in [0.15, 0.2) is 18.2 Å². The largest absolute Gasteiger partial charge is 0.355 e. The summed E-state index contributed by atoms with van der Waals surface area (Å²) < 4.78 is 0. The summed E-state index contributed by atoms with van der Waals surface area (Å²) in [6, 6.07) is 6.17. The van der Waals surface area contributed by atoms with E-state index in [0.717, 1.165) is 16.1 Å². The second-order valence-electron chi connectivity index (χ2n) is 3.08. The number of fused-ring (bicyclic) bond motifs is 1. The molecule has 1 heterocycles. The van der Waals surface area contributed by atoms with Gasteiger partial charge in [0.2, 0.25) is 0 Å². The third-order valence-corrected chi connectivity index (χ3v) is 2.22. The molecule has 1 aromatic heterocycles. The number of aromatic amines is 1. The molecule has 12 heavy (non-hydrogen) atoms. The molecule has 1 heteroatoms. The van der Waals surface area contributed by atoms with Gasteiger partial charge in [-0.3, -0.25) is 0 Å². The molecule has 1 nitrogen and oxygen atoms in total. The number of aromatic nitrogens is 1. The van der Waals surface area contributed by atoms with Gasteiger partial charge >= 0.3 is 0 Å². The molecule has 0 aliphatic rings. The minimum atomic E-state index is 0.916. The zero-order chi connectivity index (χ0) is 8.72. The zero-order valence-electron chi connectivity index (χ0n) is 7.15. The second kappa shape index (κ2) is 2.24. The Bertz CT molecular complexity index is 520. The second-order valence-corrected chi connectivity index (χ2v) is 3.08. The Balaban J connectivity index is 3.18. The van der Waals surface area contributed by atoms with E-state index in [0.29, 0.717) is 0 Å². The van der Waals surface area contributed by atoms with E-state index in [4.69, 9.17) is 0 Å². The molecule has 0 bridgehead atoms. The van der Waals surface area contributed by atoms with Crippen LogP contribution in [-0.4, -0.2) is 4.98 Å². The van der Waals surface area contributed by atoms with Crippen molar-refractivity contribution in [2.75, 3.05) is 0 Å². The van der Waals surface area contributed by atoms with E-state index in [1.54, 1.807) is 0 Å². The number of hydrogen-bond donors (Lipinski definition) is 1. The van der Waals surface area contributed by atoms with Crippen LogP contribution in [0.3, 0.4) is 0 Å². The van der Waals surface area contributed by atoms with E-state index in [1.807, 2.05) is 12.1 Å². The minimum absolute atomic E-state index is 0.916. The molecule has 60 valence electrons. The van der Waals surface area contributed by atoms with Gasteiger partial charge in [-0.1, -0.05) is 25.3 Å². The van der Waals surface area contributed by atoms with E-state index in [-0.39, 0.29) is 0 Å². The van der Waals surface area contributed by atoms with Crippen molar-refractivity contribution in [2.45, 2.75) is 6.92 Å². The van der Waals surface area contributed by atoms with Crippen molar-refractivity contribution in [3.63, 3.8) is 0 Å². The maximum absolute atomic E-state index is 3.98. The molecule has 0 fully saturated rings. The van der Waals surface area contributed by atoms with Gasteiger partial charge in [-0.2, -0.15) is 0 Å². The van der Waals surface area contributed by atoms with Crippen LogP contribution in [0, 0.1) is 6.92 Å². The topological polar surface area (TPSA) is 15.8 Å². The van der Waals surface area contributed by atoms with Crippen molar-refractivity contribution in [1.29, 1.82) is 0 Å². The molecule has 0 saturated heterocycles. The standard InChI is InChI=1S/C11H11N/c1-7-5-4-6-10-11(7)8(2)9(3)12-10/h4-6,12H,2-3H2,1H3. The zero-order valence-corrected chi connectivity index (χ0v) is 7.15. The number of hydrogen-bond acceptors (Lipinski definition) is 0. The smallest absolute Gasteiger partial charge is 0.0467 e. The average Bonchev–Trinajstić information content (AvgIpc) is 2.29. The number of rotatable bonds is 0. The Morgan fingerprint density at radius 2 is 2.00 bits per heavy atom. The normalized spacial score (nSPS) is 10.8. The van der Waals surface area contributed by atoms with Gasteiger partial charge in [0.25, 0.3) is 0 Å². The highest BCUT2D eigenvalue weighted by molar-refractivity contribution is 5.83. The Hall–Kier alpha value is -1.50. The van der Waals surface area contributed by atoms with Gasteiger partial charge in [0.15, 0.2) is 0 Å². The average molecular weight is 157 g/mol. The van der Waals surface area contributed by atoms with Crippen LogP contribution in [-0.2, 0) is 0 Å². The first-order chi connectivity index (χ1) is 5.70. The molecule has 0 atom stereocenters. The molecule has 1 N–H and O–H groups in total. The van der Waals surface area contributed by atoms with Crippen LogP contribution in [0.4, 0.5) is 0 Å². The van der Waals surface area contributed by atoms with E-state index in [1.165, 1.54) is 10.9 Å². The van der Waals surface area contributed by atoms with Crippen molar-refractivity contribution < 1.29 is 0 Å². The lowest BCUT2D eigenvalue weighted by Crippen LogP contribution is -2.18. The Kier molecular flexibility index (Phi) is 1.34. The Morgan fingerprint density at radius 1 is 1.25 bits per heavy atom. The van der Waals surface area contributed by atoms with Crippen molar-refractivity contribution in [2.24, 2.45) is 0 Å². The highest BCUT2D eigenvalue weighted by Gasteiger charge is 1.98. The molecule has 0 unspecified atom stereocenters. The molecule has 2 rings (SSSR count). The van der Waals surface area contributed by atoms with Gasteiger partial charge in [-0.25, -0.2) is 0 Å². The van der Waals surface area contributed by atoms with Crippen molar-refractivity contribution in [3.05, 3.63) is 34.3 Å². The van der Waals surface area contributed by atoms with Gasteiger partial charge in [0.1, 0.15) is 0 Å². The van der Waals surface area contributed by atoms with E-state index in [2.05, 4.69) is 31.1 Å². The third-order valence-electron chi connectivity index (χ3n) is 2.22. The maximum atomic E-state index is 3.98. The minimum Gasteiger partial charge on any atom is -0.355 e. The monoisotopic (exact) mass is 157 g/mol. The molecular formula is C11H11N. The van der Waals surface area contributed by atoms with E-state index in [9.17, 15) is 0 Å². The van der Waals surface area contributed by atoms with Crippen molar-refractivity contribution in [3.8, 4) is 0 Å². The van der Waals surface area contributed by atoms with Crippen LogP contribution in [0.2, 0.25) is 0 Å². The maximum Gasteiger partial charge on any atom is 0.0467 e. The molecule has 2 aromatic rings. The predicted molar refractivity (Wildman–Crippen MR) is 53.3 cm³/mol. The molecule has 0 aliphatic heterocycles. The highest BCUT2D eigenvalue weighted by Crippen LogP contribution is 2.09. The van der Waals surface area contributed by atoms with Crippen LogP contribution < -0.4 is 10.6 Å². The summed E-state index contributed by atoms with van der Waals surface area (Å²) in [5.74, 6) is 0. The van der Waals surface area contributed by atoms with Crippen molar-refractivity contribution >= 4 is 24.1 Å². The van der Waals surface area contributed by atoms with E-state index >= 15 is 0 Å². The molecule has 0 aliphatic carbocycles. The van der Waals surface area contributed by atoms with Gasteiger partial charge in [-0.05, 0) is 23.8 Å². The lowest BCUT2D eigenvalue weighted by atomic mass is 10.1. The fourth-order valence-electron chi connectivity index (χ4n) is 1.56.